The third-order valence-corrected chi connectivity index (χ3v) is 4.34. The fourth-order valence-electron chi connectivity index (χ4n) is 2.97. The average molecular weight is 312 g/mol. The Kier molecular flexibility index (Phi) is 5.62. The van der Waals surface area contributed by atoms with E-state index in [1.165, 1.54) is 0 Å². The van der Waals surface area contributed by atoms with Crippen LogP contribution in [0.3, 0.4) is 0 Å². The van der Waals surface area contributed by atoms with Crippen LogP contribution in [0.2, 0.25) is 5.02 Å². The molecule has 1 aliphatic rings. The Bertz CT molecular complexity index is 494. The van der Waals surface area contributed by atoms with E-state index < -0.39 is 11.9 Å². The summed E-state index contributed by atoms with van der Waals surface area (Å²) in [5.41, 5.74) is 1.10. The molecule has 0 aromatic heterocycles. The minimum atomic E-state index is -0.781. The van der Waals surface area contributed by atoms with Gasteiger partial charge in [-0.25, -0.2) is 0 Å². The molecule has 0 saturated carbocycles. The lowest BCUT2D eigenvalue weighted by molar-refractivity contribution is -0.143. The summed E-state index contributed by atoms with van der Waals surface area (Å²) in [6, 6.07) is 7.78. The maximum absolute atomic E-state index is 11.4. The van der Waals surface area contributed by atoms with Gasteiger partial charge < -0.3 is 9.84 Å². The Labute approximate surface area is 130 Å². The molecule has 1 aromatic carbocycles. The molecule has 116 valence electrons. The lowest BCUT2D eigenvalue weighted by Crippen LogP contribution is -2.44. The van der Waals surface area contributed by atoms with E-state index in [0.717, 1.165) is 18.5 Å². The zero-order valence-corrected chi connectivity index (χ0v) is 13.2. The molecule has 21 heavy (non-hydrogen) atoms. The molecule has 0 spiro atoms. The Morgan fingerprint density at radius 3 is 2.90 bits per heavy atom. The maximum atomic E-state index is 11.4. The fourth-order valence-corrected chi connectivity index (χ4v) is 3.17. The predicted molar refractivity (Wildman–Crippen MR) is 82.6 cm³/mol. The first kappa shape index (κ1) is 16.3. The number of aliphatic carboxylic acids is 1. The normalized spacial score (nSPS) is 23.4. The van der Waals surface area contributed by atoms with Crippen LogP contribution in [0.15, 0.2) is 24.3 Å². The van der Waals surface area contributed by atoms with Gasteiger partial charge in [0, 0.05) is 17.1 Å². The number of ether oxygens (including phenoxy) is 1. The lowest BCUT2D eigenvalue weighted by atomic mass is 9.98. The van der Waals surface area contributed by atoms with Gasteiger partial charge in [0.1, 0.15) is 0 Å². The van der Waals surface area contributed by atoms with Crippen LogP contribution < -0.4 is 0 Å². The summed E-state index contributed by atoms with van der Waals surface area (Å²) >= 11 is 6.07. The summed E-state index contributed by atoms with van der Waals surface area (Å²) in [7, 11) is 0. The molecule has 3 atom stereocenters. The maximum Gasteiger partial charge on any atom is 0.310 e. The van der Waals surface area contributed by atoms with Crippen molar-refractivity contribution in [3.8, 4) is 0 Å². The summed E-state index contributed by atoms with van der Waals surface area (Å²) in [6.45, 7) is 5.80. The van der Waals surface area contributed by atoms with Gasteiger partial charge in [-0.1, -0.05) is 30.7 Å². The minimum absolute atomic E-state index is 0.0866. The molecule has 1 aromatic rings. The van der Waals surface area contributed by atoms with Crippen molar-refractivity contribution in [1.29, 1.82) is 0 Å². The molecule has 0 aliphatic carbocycles. The molecule has 5 heteroatoms. The van der Waals surface area contributed by atoms with Crippen molar-refractivity contribution >= 4 is 17.6 Å². The molecular weight excluding hydrogens is 290 g/mol. The lowest BCUT2D eigenvalue weighted by Gasteiger charge is -2.35. The quantitative estimate of drug-likeness (QED) is 0.876. The molecule has 1 saturated heterocycles. The number of halogens is 1. The Morgan fingerprint density at radius 1 is 1.52 bits per heavy atom. The minimum Gasteiger partial charge on any atom is -0.481 e. The van der Waals surface area contributed by atoms with Crippen molar-refractivity contribution < 1.29 is 14.6 Å². The second-order valence-electron chi connectivity index (χ2n) is 5.52. The highest BCUT2D eigenvalue weighted by Crippen LogP contribution is 2.30. The van der Waals surface area contributed by atoms with Gasteiger partial charge in [0.25, 0.3) is 0 Å². The van der Waals surface area contributed by atoms with Gasteiger partial charge >= 0.3 is 5.97 Å². The van der Waals surface area contributed by atoms with Crippen molar-refractivity contribution in [1.82, 2.24) is 4.90 Å². The van der Waals surface area contributed by atoms with E-state index in [0.29, 0.717) is 18.2 Å². The van der Waals surface area contributed by atoms with Crippen molar-refractivity contribution in [2.45, 2.75) is 32.4 Å². The smallest absolute Gasteiger partial charge is 0.310 e. The molecule has 3 unspecified atom stereocenters. The largest absolute Gasteiger partial charge is 0.481 e. The number of carboxylic acid groups (broad SMARTS) is 1. The number of rotatable bonds is 6. The van der Waals surface area contributed by atoms with Crippen molar-refractivity contribution in [2.24, 2.45) is 5.92 Å². The number of carbonyl (C=O) groups is 1. The highest BCUT2D eigenvalue weighted by atomic mass is 35.5. The summed E-state index contributed by atoms with van der Waals surface area (Å²) in [5.74, 6) is -1.24. The molecule has 0 amide bonds. The summed E-state index contributed by atoms with van der Waals surface area (Å²) in [4.78, 5) is 13.6. The summed E-state index contributed by atoms with van der Waals surface area (Å²) < 4.78 is 5.42. The van der Waals surface area contributed by atoms with Crippen LogP contribution >= 0.6 is 11.6 Å². The topological polar surface area (TPSA) is 49.8 Å². The van der Waals surface area contributed by atoms with E-state index in [2.05, 4.69) is 18.7 Å². The molecule has 1 heterocycles. The van der Waals surface area contributed by atoms with E-state index in [1.807, 2.05) is 24.3 Å². The Morgan fingerprint density at radius 2 is 2.29 bits per heavy atom. The van der Waals surface area contributed by atoms with Crippen LogP contribution in [-0.2, 0) is 9.53 Å². The first-order chi connectivity index (χ1) is 10.0. The van der Waals surface area contributed by atoms with Crippen molar-refractivity contribution in [2.75, 3.05) is 19.8 Å². The van der Waals surface area contributed by atoms with Crippen molar-refractivity contribution in [3.63, 3.8) is 0 Å². The molecular formula is C16H22ClNO3. The van der Waals surface area contributed by atoms with Gasteiger partial charge in [0.05, 0.1) is 19.1 Å². The predicted octanol–water partition coefficient (Wildman–Crippen LogP) is 3.21. The summed E-state index contributed by atoms with van der Waals surface area (Å²) in [5, 5.41) is 10.1. The molecule has 1 aliphatic heterocycles. The van der Waals surface area contributed by atoms with E-state index in [4.69, 9.17) is 16.3 Å². The number of hydrogen-bond donors (Lipinski definition) is 1. The van der Waals surface area contributed by atoms with Gasteiger partial charge in [-0.2, -0.15) is 0 Å². The second kappa shape index (κ2) is 7.25. The monoisotopic (exact) mass is 311 g/mol. The number of benzene rings is 1. The van der Waals surface area contributed by atoms with Crippen LogP contribution in [0.5, 0.6) is 0 Å². The van der Waals surface area contributed by atoms with Crippen LogP contribution in [0.1, 0.15) is 31.9 Å². The van der Waals surface area contributed by atoms with Gasteiger partial charge in [-0.15, -0.1) is 0 Å². The zero-order chi connectivity index (χ0) is 15.4. The van der Waals surface area contributed by atoms with Crippen LogP contribution in [0.4, 0.5) is 0 Å². The van der Waals surface area contributed by atoms with Gasteiger partial charge in [0.15, 0.2) is 0 Å². The Balaban J connectivity index is 2.23. The third kappa shape index (κ3) is 3.76. The molecule has 0 radical (unpaired) electrons. The fraction of sp³-hybridized carbons (Fsp3) is 0.562. The standard InChI is InChI=1S/C16H22ClNO3/c1-3-7-18(15-10-21-9-14(15)16(19)20)11(2)12-5-4-6-13(17)8-12/h4-6,8,11,14-15H,3,7,9-10H2,1-2H3,(H,19,20). The molecule has 4 nitrogen and oxygen atoms in total. The first-order valence-corrected chi connectivity index (χ1v) is 7.74. The second-order valence-corrected chi connectivity index (χ2v) is 5.95. The number of carboxylic acids is 1. The van der Waals surface area contributed by atoms with Gasteiger partial charge in [-0.3, -0.25) is 9.69 Å². The Hall–Kier alpha value is -1.10. The van der Waals surface area contributed by atoms with Crippen molar-refractivity contribution in [3.05, 3.63) is 34.9 Å². The summed E-state index contributed by atoms with van der Waals surface area (Å²) in [6.07, 6.45) is 0.966. The van der Waals surface area contributed by atoms with Gasteiger partial charge in [0.2, 0.25) is 0 Å². The van der Waals surface area contributed by atoms with E-state index in [1.54, 1.807) is 0 Å². The van der Waals surface area contributed by atoms with E-state index in [9.17, 15) is 9.90 Å². The molecule has 0 bridgehead atoms. The molecule has 1 N–H and O–H groups in total. The third-order valence-electron chi connectivity index (χ3n) is 4.10. The molecule has 2 rings (SSSR count). The highest BCUT2D eigenvalue weighted by Gasteiger charge is 2.39. The number of hydrogen-bond acceptors (Lipinski definition) is 3. The average Bonchev–Trinajstić information content (AvgIpc) is 2.93. The molecule has 1 fully saturated rings. The van der Waals surface area contributed by atoms with Crippen LogP contribution in [0, 0.1) is 5.92 Å². The van der Waals surface area contributed by atoms with Gasteiger partial charge in [-0.05, 0) is 37.6 Å². The SMILES string of the molecule is CCCN(C(C)c1cccc(Cl)c1)C1COCC1C(=O)O. The van der Waals surface area contributed by atoms with E-state index in [-0.39, 0.29) is 12.1 Å². The highest BCUT2D eigenvalue weighted by molar-refractivity contribution is 6.30. The zero-order valence-electron chi connectivity index (χ0n) is 12.5. The van der Waals surface area contributed by atoms with Crippen LogP contribution in [-0.4, -0.2) is 41.8 Å². The van der Waals surface area contributed by atoms with Crippen LogP contribution in [0.25, 0.3) is 0 Å². The first-order valence-electron chi connectivity index (χ1n) is 7.36. The number of nitrogens with zero attached hydrogens (tertiary/aromatic N) is 1. The van der Waals surface area contributed by atoms with E-state index >= 15 is 0 Å².